The molecule has 0 spiro atoms. The average molecular weight is 279 g/mol. The van der Waals surface area contributed by atoms with Gasteiger partial charge in [0.05, 0.1) is 12.2 Å². The van der Waals surface area contributed by atoms with Crippen LogP contribution in [0.4, 0.5) is 0 Å². The summed E-state index contributed by atoms with van der Waals surface area (Å²) in [5.41, 5.74) is 5.01. The van der Waals surface area contributed by atoms with Gasteiger partial charge in [0.1, 0.15) is 11.4 Å². The van der Waals surface area contributed by atoms with Crippen molar-refractivity contribution < 1.29 is 18.4 Å². The summed E-state index contributed by atoms with van der Waals surface area (Å²) in [7, 11) is -3.55. The Labute approximate surface area is 110 Å². The first-order valence-corrected chi connectivity index (χ1v) is 7.97. The number of carbonyl (C=O) groups excluding carboxylic acids is 1. The zero-order valence-corrected chi connectivity index (χ0v) is 13.1. The lowest BCUT2D eigenvalue weighted by Gasteiger charge is -2.31. The van der Waals surface area contributed by atoms with E-state index in [0.29, 0.717) is 6.42 Å². The van der Waals surface area contributed by atoms with Crippen molar-refractivity contribution in [2.45, 2.75) is 71.9 Å². The third-order valence-electron chi connectivity index (χ3n) is 2.35. The van der Waals surface area contributed by atoms with E-state index in [9.17, 15) is 9.36 Å². The fourth-order valence-corrected chi connectivity index (χ4v) is 4.34. The first-order chi connectivity index (χ1) is 8.14. The van der Waals surface area contributed by atoms with E-state index in [-0.39, 0.29) is 18.0 Å². The van der Waals surface area contributed by atoms with Gasteiger partial charge in [-0.25, -0.2) is 0 Å². The van der Waals surface area contributed by atoms with E-state index in [1.54, 1.807) is 27.7 Å². The third-order valence-corrected chi connectivity index (χ3v) is 5.21. The van der Waals surface area contributed by atoms with Gasteiger partial charge in [-0.2, -0.15) is 0 Å². The minimum atomic E-state index is -3.55. The molecule has 0 aliphatic rings. The Hall–Kier alpha value is -0.220. The average Bonchev–Trinajstić information content (AvgIpc) is 2.13. The molecule has 0 saturated heterocycles. The molecule has 2 unspecified atom stereocenters. The minimum Gasteiger partial charge on any atom is -0.326 e. The fourth-order valence-electron chi connectivity index (χ4n) is 1.73. The molecule has 0 aromatic rings. The summed E-state index contributed by atoms with van der Waals surface area (Å²) >= 11 is 0. The standard InChI is InChI=1S/C12H26NO4P/c1-7-11(13)12(10(6)14)18(15,16-8(2)3)17-9(4)5/h8-9,11-12H,7,13H2,1-6H3. The van der Waals surface area contributed by atoms with Crippen LogP contribution in [0.15, 0.2) is 0 Å². The molecule has 108 valence electrons. The van der Waals surface area contributed by atoms with E-state index in [0.717, 1.165) is 0 Å². The number of hydrogen-bond acceptors (Lipinski definition) is 5. The highest BCUT2D eigenvalue weighted by Crippen LogP contribution is 2.56. The second-order valence-corrected chi connectivity index (χ2v) is 7.03. The largest absolute Gasteiger partial charge is 0.343 e. The number of carbonyl (C=O) groups is 1. The molecule has 0 fully saturated rings. The van der Waals surface area contributed by atoms with Gasteiger partial charge >= 0.3 is 7.60 Å². The molecule has 0 saturated carbocycles. The van der Waals surface area contributed by atoms with Crippen LogP contribution >= 0.6 is 7.60 Å². The van der Waals surface area contributed by atoms with Gasteiger partial charge in [0, 0.05) is 6.04 Å². The van der Waals surface area contributed by atoms with Crippen LogP contribution in [-0.2, 0) is 18.4 Å². The lowest BCUT2D eigenvalue weighted by molar-refractivity contribution is -0.117. The van der Waals surface area contributed by atoms with Crippen molar-refractivity contribution >= 4 is 13.4 Å². The zero-order chi connectivity index (χ0) is 14.5. The molecule has 2 atom stereocenters. The number of nitrogens with two attached hydrogens (primary N) is 1. The molecule has 0 aliphatic heterocycles. The summed E-state index contributed by atoms with van der Waals surface area (Å²) in [6, 6.07) is -0.522. The SMILES string of the molecule is CCC(N)C(C(C)=O)P(=O)(OC(C)C)OC(C)C. The van der Waals surface area contributed by atoms with Crippen LogP contribution in [0, 0.1) is 0 Å². The van der Waals surface area contributed by atoms with Crippen LogP contribution < -0.4 is 5.73 Å². The molecule has 0 rings (SSSR count). The zero-order valence-electron chi connectivity index (χ0n) is 12.2. The Morgan fingerprint density at radius 2 is 1.56 bits per heavy atom. The Bertz CT molecular complexity index is 303. The van der Waals surface area contributed by atoms with Gasteiger partial charge < -0.3 is 14.8 Å². The van der Waals surface area contributed by atoms with Gasteiger partial charge in [-0.3, -0.25) is 9.36 Å². The molecule has 0 aliphatic carbocycles. The number of hydrogen-bond donors (Lipinski definition) is 1. The summed E-state index contributed by atoms with van der Waals surface area (Å²) in [5, 5.41) is 0. The van der Waals surface area contributed by atoms with Gasteiger partial charge in [0.2, 0.25) is 0 Å². The lowest BCUT2D eigenvalue weighted by atomic mass is 10.1. The van der Waals surface area contributed by atoms with E-state index in [1.807, 2.05) is 6.92 Å². The first kappa shape index (κ1) is 17.8. The van der Waals surface area contributed by atoms with E-state index >= 15 is 0 Å². The molecular formula is C12H26NO4P. The molecule has 6 heteroatoms. The summed E-state index contributed by atoms with van der Waals surface area (Å²) in [5.74, 6) is -0.256. The lowest BCUT2D eigenvalue weighted by Crippen LogP contribution is -2.40. The van der Waals surface area contributed by atoms with Crippen LogP contribution in [0.2, 0.25) is 0 Å². The van der Waals surface area contributed by atoms with Crippen molar-refractivity contribution in [1.82, 2.24) is 0 Å². The maximum Gasteiger partial charge on any atom is 0.343 e. The molecule has 0 aromatic carbocycles. The van der Waals surface area contributed by atoms with Crippen molar-refractivity contribution in [3.05, 3.63) is 0 Å². The molecule has 2 N–H and O–H groups in total. The van der Waals surface area contributed by atoms with Gasteiger partial charge in [0.15, 0.2) is 0 Å². The Morgan fingerprint density at radius 1 is 1.17 bits per heavy atom. The van der Waals surface area contributed by atoms with Crippen molar-refractivity contribution in [3.63, 3.8) is 0 Å². The number of rotatable bonds is 8. The minimum absolute atomic E-state index is 0.256. The van der Waals surface area contributed by atoms with Crippen LogP contribution in [0.25, 0.3) is 0 Å². The smallest absolute Gasteiger partial charge is 0.326 e. The van der Waals surface area contributed by atoms with E-state index in [4.69, 9.17) is 14.8 Å². The first-order valence-electron chi connectivity index (χ1n) is 6.36. The molecule has 5 nitrogen and oxygen atoms in total. The van der Waals surface area contributed by atoms with Gasteiger partial charge in [-0.05, 0) is 41.0 Å². The van der Waals surface area contributed by atoms with E-state index < -0.39 is 19.3 Å². The van der Waals surface area contributed by atoms with Crippen molar-refractivity contribution in [1.29, 1.82) is 0 Å². The van der Waals surface area contributed by atoms with Gasteiger partial charge in [0.25, 0.3) is 0 Å². The molecule has 0 bridgehead atoms. The van der Waals surface area contributed by atoms with Crippen LogP contribution in [0.5, 0.6) is 0 Å². The predicted octanol–water partition coefficient (Wildman–Crippen LogP) is 2.72. The molecule has 0 radical (unpaired) electrons. The van der Waals surface area contributed by atoms with Crippen LogP contribution in [-0.4, -0.2) is 29.7 Å². The topological polar surface area (TPSA) is 78.6 Å². The highest BCUT2D eigenvalue weighted by Gasteiger charge is 2.44. The van der Waals surface area contributed by atoms with Crippen LogP contribution in [0.3, 0.4) is 0 Å². The maximum atomic E-state index is 12.8. The summed E-state index contributed by atoms with van der Waals surface area (Å²) in [6.07, 6.45) is -0.0436. The molecule has 0 amide bonds. The molecule has 0 heterocycles. The van der Waals surface area contributed by atoms with E-state index in [1.165, 1.54) is 6.92 Å². The maximum absolute atomic E-state index is 12.8. The number of Topliss-reactive ketones (excluding diaryl/α,β-unsaturated/α-hetero) is 1. The summed E-state index contributed by atoms with van der Waals surface area (Å²) in [6.45, 7) is 10.2. The Kier molecular flexibility index (Phi) is 7.30. The van der Waals surface area contributed by atoms with Crippen molar-refractivity contribution in [3.8, 4) is 0 Å². The molecular weight excluding hydrogens is 253 g/mol. The number of ketones is 1. The highest BCUT2D eigenvalue weighted by molar-refractivity contribution is 7.55. The second kappa shape index (κ2) is 7.39. The third kappa shape index (κ3) is 5.19. The fraction of sp³-hybridized carbons (Fsp3) is 0.917. The van der Waals surface area contributed by atoms with E-state index in [2.05, 4.69) is 0 Å². The Balaban J connectivity index is 5.35. The van der Waals surface area contributed by atoms with Gasteiger partial charge in [-0.1, -0.05) is 6.92 Å². The predicted molar refractivity (Wildman–Crippen MR) is 72.8 cm³/mol. The quantitative estimate of drug-likeness (QED) is 0.691. The van der Waals surface area contributed by atoms with Gasteiger partial charge in [-0.15, -0.1) is 0 Å². The molecule has 0 aromatic heterocycles. The second-order valence-electron chi connectivity index (χ2n) is 4.98. The summed E-state index contributed by atoms with van der Waals surface area (Å²) in [4.78, 5) is 11.7. The molecule has 18 heavy (non-hydrogen) atoms. The highest BCUT2D eigenvalue weighted by atomic mass is 31.2. The normalized spacial score (nSPS) is 16.1. The van der Waals surface area contributed by atoms with Crippen molar-refractivity contribution in [2.75, 3.05) is 0 Å². The van der Waals surface area contributed by atoms with Crippen LogP contribution in [0.1, 0.15) is 48.0 Å². The Morgan fingerprint density at radius 3 is 1.78 bits per heavy atom. The van der Waals surface area contributed by atoms with Crippen molar-refractivity contribution in [2.24, 2.45) is 5.73 Å². The summed E-state index contributed by atoms with van der Waals surface area (Å²) < 4.78 is 23.7. The monoisotopic (exact) mass is 279 g/mol.